The summed E-state index contributed by atoms with van der Waals surface area (Å²) in [5.74, 6) is 0.943. The lowest BCUT2D eigenvalue weighted by atomic mass is 9.89. The Hall–Kier alpha value is -0.0800. The summed E-state index contributed by atoms with van der Waals surface area (Å²) >= 11 is 0. The van der Waals surface area contributed by atoms with E-state index in [9.17, 15) is 0 Å². The number of piperidine rings is 1. The van der Waals surface area contributed by atoms with Gasteiger partial charge in [0.25, 0.3) is 0 Å². The van der Waals surface area contributed by atoms with Crippen molar-refractivity contribution in [2.24, 2.45) is 5.92 Å². The summed E-state index contributed by atoms with van der Waals surface area (Å²) in [4.78, 5) is 2.82. The molecule has 2 nitrogen and oxygen atoms in total. The van der Waals surface area contributed by atoms with Crippen molar-refractivity contribution >= 4 is 0 Å². The first-order valence-electron chi connectivity index (χ1n) is 8.30. The second-order valence-electron chi connectivity index (χ2n) is 6.43. The molecule has 0 amide bonds. The molecule has 1 aliphatic carbocycles. The van der Waals surface area contributed by atoms with E-state index in [0.717, 1.165) is 18.0 Å². The molecule has 0 radical (unpaired) electrons. The standard InChI is InChI=1S/C16H32N2/c1-3-7-14-11-15(17-10-4-2)13-18(12-14)16-8-5-6-9-16/h14-17H,3-13H2,1-2H3. The lowest BCUT2D eigenvalue weighted by Crippen LogP contribution is -2.52. The van der Waals surface area contributed by atoms with Gasteiger partial charge in [-0.15, -0.1) is 0 Å². The van der Waals surface area contributed by atoms with Gasteiger partial charge < -0.3 is 5.32 Å². The third-order valence-corrected chi connectivity index (χ3v) is 4.79. The van der Waals surface area contributed by atoms with Crippen LogP contribution in [0.4, 0.5) is 0 Å². The fourth-order valence-electron chi connectivity index (χ4n) is 3.92. The van der Waals surface area contributed by atoms with E-state index in [2.05, 4.69) is 24.1 Å². The number of rotatable bonds is 6. The lowest BCUT2D eigenvalue weighted by molar-refractivity contribution is 0.0951. The van der Waals surface area contributed by atoms with Crippen molar-refractivity contribution in [3.05, 3.63) is 0 Å². The monoisotopic (exact) mass is 252 g/mol. The maximum Gasteiger partial charge on any atom is 0.0198 e. The van der Waals surface area contributed by atoms with Gasteiger partial charge in [-0.3, -0.25) is 4.90 Å². The van der Waals surface area contributed by atoms with Crippen LogP contribution in [0.3, 0.4) is 0 Å². The van der Waals surface area contributed by atoms with Crippen LogP contribution in [-0.2, 0) is 0 Å². The first kappa shape index (κ1) is 14.3. The van der Waals surface area contributed by atoms with E-state index in [1.807, 2.05) is 0 Å². The van der Waals surface area contributed by atoms with Gasteiger partial charge in [-0.2, -0.15) is 0 Å². The molecule has 18 heavy (non-hydrogen) atoms. The molecule has 1 heterocycles. The minimum atomic E-state index is 0.760. The smallest absolute Gasteiger partial charge is 0.0198 e. The highest BCUT2D eigenvalue weighted by Gasteiger charge is 2.31. The minimum absolute atomic E-state index is 0.760. The van der Waals surface area contributed by atoms with Gasteiger partial charge in [-0.1, -0.05) is 33.1 Å². The Balaban J connectivity index is 1.87. The average molecular weight is 252 g/mol. The molecule has 1 aliphatic heterocycles. The van der Waals surface area contributed by atoms with Crippen LogP contribution in [0.1, 0.15) is 65.2 Å². The summed E-state index contributed by atoms with van der Waals surface area (Å²) in [5.41, 5.74) is 0. The molecule has 1 saturated heterocycles. The zero-order chi connectivity index (χ0) is 12.8. The van der Waals surface area contributed by atoms with Gasteiger partial charge in [0.2, 0.25) is 0 Å². The van der Waals surface area contributed by atoms with Crippen LogP contribution in [-0.4, -0.2) is 36.6 Å². The van der Waals surface area contributed by atoms with Crippen molar-refractivity contribution < 1.29 is 0 Å². The van der Waals surface area contributed by atoms with Gasteiger partial charge in [0.15, 0.2) is 0 Å². The summed E-state index contributed by atoms with van der Waals surface area (Å²) < 4.78 is 0. The fourth-order valence-corrected chi connectivity index (χ4v) is 3.92. The predicted octanol–water partition coefficient (Wildman–Crippen LogP) is 3.42. The Morgan fingerprint density at radius 3 is 2.50 bits per heavy atom. The molecule has 0 spiro atoms. The van der Waals surface area contributed by atoms with Crippen LogP contribution in [0.2, 0.25) is 0 Å². The maximum absolute atomic E-state index is 3.77. The van der Waals surface area contributed by atoms with Crippen molar-refractivity contribution in [3.63, 3.8) is 0 Å². The van der Waals surface area contributed by atoms with Gasteiger partial charge in [0, 0.05) is 25.2 Å². The van der Waals surface area contributed by atoms with Gasteiger partial charge in [0.05, 0.1) is 0 Å². The molecule has 2 fully saturated rings. The van der Waals surface area contributed by atoms with Crippen LogP contribution in [0.5, 0.6) is 0 Å². The quantitative estimate of drug-likeness (QED) is 0.779. The molecule has 0 bridgehead atoms. The van der Waals surface area contributed by atoms with Crippen LogP contribution >= 0.6 is 0 Å². The summed E-state index contributed by atoms with van der Waals surface area (Å²) in [7, 11) is 0. The van der Waals surface area contributed by atoms with Crippen LogP contribution in [0.15, 0.2) is 0 Å². The molecule has 1 N–H and O–H groups in total. The first-order chi connectivity index (χ1) is 8.83. The highest BCUT2D eigenvalue weighted by molar-refractivity contribution is 4.88. The van der Waals surface area contributed by atoms with E-state index < -0.39 is 0 Å². The summed E-state index contributed by atoms with van der Waals surface area (Å²) in [6.45, 7) is 8.49. The zero-order valence-electron chi connectivity index (χ0n) is 12.5. The second-order valence-corrected chi connectivity index (χ2v) is 6.43. The Bertz CT molecular complexity index is 223. The Labute approximate surface area is 114 Å². The number of likely N-dealkylation sites (tertiary alicyclic amines) is 1. The van der Waals surface area contributed by atoms with E-state index in [1.165, 1.54) is 71.0 Å². The van der Waals surface area contributed by atoms with Crippen molar-refractivity contribution in [3.8, 4) is 0 Å². The SMILES string of the molecule is CCCNC1CC(CCC)CN(C2CCCC2)C1. The van der Waals surface area contributed by atoms with E-state index >= 15 is 0 Å². The molecule has 0 aromatic rings. The topological polar surface area (TPSA) is 15.3 Å². The fraction of sp³-hybridized carbons (Fsp3) is 1.00. The van der Waals surface area contributed by atoms with Crippen molar-refractivity contribution in [2.45, 2.75) is 77.3 Å². The molecule has 0 aromatic heterocycles. The van der Waals surface area contributed by atoms with E-state index in [4.69, 9.17) is 0 Å². The molecular weight excluding hydrogens is 220 g/mol. The van der Waals surface area contributed by atoms with Crippen molar-refractivity contribution in [2.75, 3.05) is 19.6 Å². The second kappa shape index (κ2) is 7.49. The summed E-state index contributed by atoms with van der Waals surface area (Å²) in [5, 5.41) is 3.77. The first-order valence-corrected chi connectivity index (χ1v) is 8.30. The summed E-state index contributed by atoms with van der Waals surface area (Å²) in [6.07, 6.45) is 11.3. The Morgan fingerprint density at radius 1 is 1.06 bits per heavy atom. The number of nitrogens with one attached hydrogen (secondary N) is 1. The van der Waals surface area contributed by atoms with Crippen LogP contribution in [0.25, 0.3) is 0 Å². The molecule has 0 aromatic carbocycles. The zero-order valence-corrected chi connectivity index (χ0v) is 12.5. The van der Waals surface area contributed by atoms with Gasteiger partial charge in [-0.25, -0.2) is 0 Å². The lowest BCUT2D eigenvalue weighted by Gasteiger charge is -2.41. The minimum Gasteiger partial charge on any atom is -0.313 e. The van der Waals surface area contributed by atoms with E-state index in [-0.39, 0.29) is 0 Å². The third-order valence-electron chi connectivity index (χ3n) is 4.79. The highest BCUT2D eigenvalue weighted by Crippen LogP contribution is 2.29. The van der Waals surface area contributed by atoms with Gasteiger partial charge in [0.1, 0.15) is 0 Å². The third kappa shape index (κ3) is 3.96. The predicted molar refractivity (Wildman–Crippen MR) is 78.9 cm³/mol. The molecule has 2 rings (SSSR count). The van der Waals surface area contributed by atoms with Gasteiger partial charge >= 0.3 is 0 Å². The van der Waals surface area contributed by atoms with Crippen molar-refractivity contribution in [1.82, 2.24) is 10.2 Å². The molecule has 2 aliphatic rings. The molecule has 1 saturated carbocycles. The largest absolute Gasteiger partial charge is 0.313 e. The molecule has 2 atom stereocenters. The van der Waals surface area contributed by atoms with Crippen molar-refractivity contribution in [1.29, 1.82) is 0 Å². The number of hydrogen-bond donors (Lipinski definition) is 1. The maximum atomic E-state index is 3.77. The normalized spacial score (nSPS) is 31.0. The van der Waals surface area contributed by atoms with E-state index in [1.54, 1.807) is 0 Å². The number of nitrogens with zero attached hydrogens (tertiary/aromatic N) is 1. The average Bonchev–Trinajstić information content (AvgIpc) is 2.90. The van der Waals surface area contributed by atoms with Crippen LogP contribution in [0, 0.1) is 5.92 Å². The van der Waals surface area contributed by atoms with Crippen LogP contribution < -0.4 is 5.32 Å². The van der Waals surface area contributed by atoms with Gasteiger partial charge in [-0.05, 0) is 44.6 Å². The molecule has 2 unspecified atom stereocenters. The Kier molecular flexibility index (Phi) is 5.97. The molecule has 2 heteroatoms. The molecular formula is C16H32N2. The Morgan fingerprint density at radius 2 is 1.83 bits per heavy atom. The van der Waals surface area contributed by atoms with E-state index in [0.29, 0.717) is 0 Å². The molecule has 106 valence electrons. The highest BCUT2D eigenvalue weighted by atomic mass is 15.2. The number of hydrogen-bond acceptors (Lipinski definition) is 2. The summed E-state index contributed by atoms with van der Waals surface area (Å²) in [6, 6.07) is 1.67.